The van der Waals surface area contributed by atoms with Crippen molar-refractivity contribution in [2.75, 3.05) is 36.5 Å². The Balaban J connectivity index is 1.39. The quantitative estimate of drug-likeness (QED) is 0.882. The van der Waals surface area contributed by atoms with Gasteiger partial charge in [0, 0.05) is 36.6 Å². The second-order valence-corrected chi connectivity index (χ2v) is 7.95. The van der Waals surface area contributed by atoms with Gasteiger partial charge < -0.3 is 15.0 Å². The van der Waals surface area contributed by atoms with Crippen LogP contribution in [0.25, 0.3) is 0 Å². The Kier molecular flexibility index (Phi) is 5.57. The lowest BCUT2D eigenvalue weighted by Gasteiger charge is -2.28. The number of hydrogen-bond acceptors (Lipinski definition) is 5. The first kappa shape index (κ1) is 18.9. The molecule has 1 fully saturated rings. The lowest BCUT2D eigenvalue weighted by Crippen LogP contribution is -2.38. The molecule has 1 aromatic heterocycles. The minimum Gasteiger partial charge on any atom is -0.378 e. The number of morpholine rings is 1. The van der Waals surface area contributed by atoms with Crippen LogP contribution in [0.5, 0.6) is 0 Å². The molecule has 0 unspecified atom stereocenters. The lowest BCUT2D eigenvalue weighted by molar-refractivity contribution is -0.120. The van der Waals surface area contributed by atoms with Gasteiger partial charge in [0.25, 0.3) is 0 Å². The van der Waals surface area contributed by atoms with Gasteiger partial charge in [0.1, 0.15) is 0 Å². The second-order valence-electron chi connectivity index (χ2n) is 7.95. The van der Waals surface area contributed by atoms with E-state index < -0.39 is 0 Å². The average molecular weight is 380 g/mol. The van der Waals surface area contributed by atoms with E-state index in [1.165, 1.54) is 5.56 Å². The molecule has 0 saturated carbocycles. The summed E-state index contributed by atoms with van der Waals surface area (Å²) in [5.74, 6) is 1.33. The summed E-state index contributed by atoms with van der Waals surface area (Å²) in [5, 5.41) is 3.07. The molecule has 2 heterocycles. The fraction of sp³-hybridized carbons (Fsp3) is 0.500. The fourth-order valence-electron chi connectivity index (χ4n) is 3.83. The minimum absolute atomic E-state index is 0.0323. The number of anilines is 2. The summed E-state index contributed by atoms with van der Waals surface area (Å²) in [6, 6.07) is 8.14. The maximum absolute atomic E-state index is 12.7. The van der Waals surface area contributed by atoms with Crippen LogP contribution in [0, 0.1) is 5.92 Å². The van der Waals surface area contributed by atoms with Gasteiger partial charge in [-0.3, -0.25) is 4.79 Å². The Bertz CT molecular complexity index is 829. The van der Waals surface area contributed by atoms with Crippen LogP contribution in [-0.2, 0) is 22.4 Å². The summed E-state index contributed by atoms with van der Waals surface area (Å²) in [6.45, 7) is 7.44. The number of nitrogens with one attached hydrogen (secondary N) is 1. The maximum Gasteiger partial charge on any atom is 0.227 e. The van der Waals surface area contributed by atoms with Gasteiger partial charge in [-0.05, 0) is 48.4 Å². The van der Waals surface area contributed by atoms with Crippen molar-refractivity contribution in [2.24, 2.45) is 5.92 Å². The number of carbonyl (C=O) groups excluding carboxylic acids is 1. The van der Waals surface area contributed by atoms with Crippen molar-refractivity contribution in [3.05, 3.63) is 47.3 Å². The van der Waals surface area contributed by atoms with Crippen LogP contribution < -0.4 is 10.2 Å². The first-order valence-electron chi connectivity index (χ1n) is 10.2. The van der Waals surface area contributed by atoms with Crippen LogP contribution in [0.2, 0.25) is 0 Å². The van der Waals surface area contributed by atoms with Crippen LogP contribution in [-0.4, -0.2) is 42.2 Å². The molecule has 1 aliphatic carbocycles. The molecule has 2 aromatic rings. The monoisotopic (exact) mass is 380 g/mol. The van der Waals surface area contributed by atoms with Crippen LogP contribution in [0.1, 0.15) is 43.0 Å². The molecule has 0 radical (unpaired) electrons. The summed E-state index contributed by atoms with van der Waals surface area (Å²) >= 11 is 0. The van der Waals surface area contributed by atoms with E-state index in [9.17, 15) is 4.79 Å². The van der Waals surface area contributed by atoms with Gasteiger partial charge in [-0.1, -0.05) is 26.0 Å². The van der Waals surface area contributed by atoms with Crippen molar-refractivity contribution < 1.29 is 9.53 Å². The number of benzene rings is 1. The van der Waals surface area contributed by atoms with Gasteiger partial charge in [0.15, 0.2) is 0 Å². The summed E-state index contributed by atoms with van der Waals surface area (Å²) in [5.41, 5.74) is 4.32. The zero-order valence-electron chi connectivity index (χ0n) is 16.6. The molecule has 1 aliphatic heterocycles. The molecular formula is C22H28N4O2. The molecule has 0 spiro atoms. The van der Waals surface area contributed by atoms with Crippen LogP contribution in [0.15, 0.2) is 30.5 Å². The van der Waals surface area contributed by atoms with Crippen molar-refractivity contribution in [1.29, 1.82) is 0 Å². The number of aryl methyl sites for hydroxylation is 1. The number of nitrogens with zero attached hydrogens (tertiary/aromatic N) is 3. The third-order valence-corrected chi connectivity index (χ3v) is 5.65. The number of aromatic nitrogens is 2. The first-order chi connectivity index (χ1) is 13.6. The number of carbonyl (C=O) groups is 1. The number of fused-ring (bicyclic) bond motifs is 1. The third-order valence-electron chi connectivity index (χ3n) is 5.65. The van der Waals surface area contributed by atoms with Crippen molar-refractivity contribution in [3.8, 4) is 0 Å². The molecule has 6 nitrogen and oxygen atoms in total. The van der Waals surface area contributed by atoms with E-state index in [1.54, 1.807) is 0 Å². The normalized spacial score (nSPS) is 19.4. The smallest absolute Gasteiger partial charge is 0.227 e. The molecule has 1 N–H and O–H groups in total. The van der Waals surface area contributed by atoms with E-state index in [0.717, 1.165) is 62.0 Å². The Morgan fingerprint density at radius 2 is 1.96 bits per heavy atom. The predicted octanol–water partition coefficient (Wildman–Crippen LogP) is 3.18. The lowest BCUT2D eigenvalue weighted by atomic mass is 9.86. The summed E-state index contributed by atoms with van der Waals surface area (Å²) in [4.78, 5) is 24.2. The van der Waals surface area contributed by atoms with Gasteiger partial charge in [-0.15, -0.1) is 0 Å². The van der Waals surface area contributed by atoms with E-state index >= 15 is 0 Å². The van der Waals surface area contributed by atoms with Gasteiger partial charge in [-0.25, -0.2) is 9.97 Å². The molecule has 1 atom stereocenters. The topological polar surface area (TPSA) is 67.4 Å². The predicted molar refractivity (Wildman–Crippen MR) is 110 cm³/mol. The second kappa shape index (κ2) is 8.27. The standard InChI is InChI=1S/C22H28N4O2/c1-15(2)16-3-6-19(7-4-16)24-21(27)17-5-8-20-18(13-17)14-23-22(25-20)26-9-11-28-12-10-26/h3-4,6-7,14-15,17H,5,8-13H2,1-2H3,(H,24,27)/t17-/m1/s1. The van der Waals surface area contributed by atoms with E-state index in [0.29, 0.717) is 12.3 Å². The largest absolute Gasteiger partial charge is 0.378 e. The van der Waals surface area contributed by atoms with E-state index in [4.69, 9.17) is 9.72 Å². The van der Waals surface area contributed by atoms with Gasteiger partial charge >= 0.3 is 0 Å². The van der Waals surface area contributed by atoms with E-state index in [2.05, 4.69) is 41.2 Å². The van der Waals surface area contributed by atoms with Gasteiger partial charge in [-0.2, -0.15) is 0 Å². The molecule has 0 bridgehead atoms. The van der Waals surface area contributed by atoms with Crippen molar-refractivity contribution in [1.82, 2.24) is 9.97 Å². The van der Waals surface area contributed by atoms with E-state index in [-0.39, 0.29) is 11.8 Å². The highest BCUT2D eigenvalue weighted by Crippen LogP contribution is 2.27. The summed E-state index contributed by atoms with van der Waals surface area (Å²) in [6.07, 6.45) is 4.25. The summed E-state index contributed by atoms with van der Waals surface area (Å²) in [7, 11) is 0. The highest BCUT2D eigenvalue weighted by Gasteiger charge is 2.27. The molecule has 148 valence electrons. The zero-order chi connectivity index (χ0) is 19.5. The molecular weight excluding hydrogens is 352 g/mol. The molecule has 2 aliphatic rings. The molecule has 1 aromatic carbocycles. The Labute approximate surface area is 166 Å². The molecule has 6 heteroatoms. The third kappa shape index (κ3) is 4.17. The highest BCUT2D eigenvalue weighted by molar-refractivity contribution is 5.92. The Morgan fingerprint density at radius 3 is 2.68 bits per heavy atom. The number of ether oxygens (including phenoxy) is 1. The van der Waals surface area contributed by atoms with Crippen molar-refractivity contribution in [3.63, 3.8) is 0 Å². The van der Waals surface area contributed by atoms with Crippen LogP contribution in [0.4, 0.5) is 11.6 Å². The van der Waals surface area contributed by atoms with Crippen molar-refractivity contribution in [2.45, 2.75) is 39.0 Å². The SMILES string of the molecule is CC(C)c1ccc(NC(=O)[C@@H]2CCc3nc(N4CCOCC4)ncc3C2)cc1. The highest BCUT2D eigenvalue weighted by atomic mass is 16.5. The average Bonchev–Trinajstić information content (AvgIpc) is 2.74. The van der Waals surface area contributed by atoms with E-state index in [1.807, 2.05) is 18.3 Å². The van der Waals surface area contributed by atoms with Gasteiger partial charge in [0.2, 0.25) is 11.9 Å². The fourth-order valence-corrected chi connectivity index (χ4v) is 3.83. The Morgan fingerprint density at radius 1 is 1.21 bits per heavy atom. The number of rotatable bonds is 4. The Hall–Kier alpha value is -2.47. The molecule has 1 amide bonds. The molecule has 1 saturated heterocycles. The van der Waals surface area contributed by atoms with Crippen LogP contribution in [0.3, 0.4) is 0 Å². The number of amides is 1. The zero-order valence-corrected chi connectivity index (χ0v) is 16.6. The first-order valence-corrected chi connectivity index (χ1v) is 10.2. The van der Waals surface area contributed by atoms with Gasteiger partial charge in [0.05, 0.1) is 13.2 Å². The number of hydrogen-bond donors (Lipinski definition) is 1. The minimum atomic E-state index is -0.0323. The summed E-state index contributed by atoms with van der Waals surface area (Å²) < 4.78 is 5.40. The van der Waals surface area contributed by atoms with Crippen molar-refractivity contribution >= 4 is 17.5 Å². The molecule has 4 rings (SSSR count). The van der Waals surface area contributed by atoms with Crippen LogP contribution >= 0.6 is 0 Å². The maximum atomic E-state index is 12.7. The molecule has 28 heavy (non-hydrogen) atoms.